The maximum absolute atomic E-state index is 15.7. The normalized spacial score (nSPS) is 25.8. The number of hydrogen-bond acceptors (Lipinski definition) is 30. The van der Waals surface area contributed by atoms with Gasteiger partial charge in [-0.3, -0.25) is 119 Å². The highest BCUT2D eigenvalue weighted by Crippen LogP contribution is 2.28. The van der Waals surface area contributed by atoms with Crippen molar-refractivity contribution in [2.24, 2.45) is 58.1 Å². The first-order valence-corrected chi connectivity index (χ1v) is 53.2. The zero-order valence-corrected chi connectivity index (χ0v) is 84.5. The monoisotopic (exact) mass is 2090 g/mol. The first-order valence-electron chi connectivity index (χ1n) is 45.8. The van der Waals surface area contributed by atoms with Crippen LogP contribution in [0.3, 0.4) is 0 Å². The van der Waals surface area contributed by atoms with Gasteiger partial charge in [-0.15, -0.1) is 0 Å². The average molecular weight is 2090 g/mol. The van der Waals surface area contributed by atoms with Crippen molar-refractivity contribution in [1.29, 1.82) is 32.5 Å². The molecule has 4 rings (SSSR count). The van der Waals surface area contributed by atoms with E-state index in [0.717, 1.165) is 64.8 Å². The number of amides is 18. The molecule has 0 unspecified atom stereocenters. The smallest absolute Gasteiger partial charge is 0.244 e. The van der Waals surface area contributed by atoms with E-state index in [1.807, 2.05) is 0 Å². The van der Waals surface area contributed by atoms with Crippen LogP contribution in [0.1, 0.15) is 145 Å². The Kier molecular flexibility index (Phi) is 54.9. The molecule has 42 N–H and O–H groups in total. The number of carbonyl (C=O) groups is 18. The average Bonchev–Trinajstić information content (AvgIpc) is 0.850. The molecule has 0 saturated carbocycles. The molecule has 0 aromatic rings. The van der Waals surface area contributed by atoms with Crippen LogP contribution in [0.5, 0.6) is 0 Å². The van der Waals surface area contributed by atoms with Gasteiger partial charge in [0.05, 0.1) is 13.1 Å². The van der Waals surface area contributed by atoms with Gasteiger partial charge in [0.25, 0.3) is 0 Å². The van der Waals surface area contributed by atoms with E-state index in [2.05, 4.69) is 128 Å². The van der Waals surface area contributed by atoms with Gasteiger partial charge in [0.1, 0.15) is 96.7 Å². The van der Waals surface area contributed by atoms with E-state index in [0.29, 0.717) is 0 Å². The van der Waals surface area contributed by atoms with E-state index in [1.54, 1.807) is 55.4 Å². The van der Waals surface area contributed by atoms with Crippen LogP contribution >= 0.6 is 64.8 Å². The molecule has 6 bridgehead atoms. The molecule has 4 aliphatic heterocycles. The Morgan fingerprint density at radius 2 is 0.471 bits per heavy atom. The van der Waals surface area contributed by atoms with Gasteiger partial charge in [-0.25, -0.2) is 0 Å². The van der Waals surface area contributed by atoms with Gasteiger partial charge in [-0.05, 0) is 107 Å². The van der Waals surface area contributed by atoms with Crippen LogP contribution in [-0.4, -0.2) is 326 Å². The molecular weight excluding hydrogens is 1950 g/mol. The summed E-state index contributed by atoms with van der Waals surface area (Å²) in [5, 5.41) is 110. The second-order valence-electron chi connectivity index (χ2n) is 34.4. The Labute approximate surface area is 835 Å². The van der Waals surface area contributed by atoms with Crippen LogP contribution in [0.4, 0.5) is 0 Å². The predicted octanol–water partition coefficient (Wildman–Crippen LogP) is -9.84. The van der Waals surface area contributed by atoms with E-state index in [-0.39, 0.29) is 129 Å². The molecule has 54 nitrogen and oxygen atoms in total. The van der Waals surface area contributed by atoms with Crippen LogP contribution in [0.25, 0.3) is 0 Å². The van der Waals surface area contributed by atoms with Crippen LogP contribution < -0.4 is 162 Å². The number of nitrogens with one attached hydrogen (secondary N) is 30. The van der Waals surface area contributed by atoms with Crippen LogP contribution in [0.15, 0.2) is 0 Å². The highest BCUT2D eigenvalue weighted by molar-refractivity contribution is 8.77. The zero-order chi connectivity index (χ0) is 104. The maximum atomic E-state index is 15.7. The van der Waals surface area contributed by atoms with E-state index in [1.165, 1.54) is 0 Å². The molecule has 0 aliphatic carbocycles. The quantitative estimate of drug-likeness (QED) is 0.0137. The van der Waals surface area contributed by atoms with Crippen molar-refractivity contribution < 1.29 is 86.3 Å². The second kappa shape index (κ2) is 63.8. The summed E-state index contributed by atoms with van der Waals surface area (Å²) in [5.41, 5.74) is 33.7. The van der Waals surface area contributed by atoms with E-state index < -0.39 is 310 Å². The molecule has 140 heavy (non-hydrogen) atoms. The molecule has 60 heteroatoms. The Morgan fingerprint density at radius 3 is 0.700 bits per heavy atom. The molecule has 0 radical (unpaired) electrons. The summed E-state index contributed by atoms with van der Waals surface area (Å²) < 4.78 is 0. The Balaban J connectivity index is 2.19. The molecule has 18 amide bonds. The van der Waals surface area contributed by atoms with Crippen LogP contribution in [-0.2, 0) is 86.3 Å². The highest BCUT2D eigenvalue weighted by atomic mass is 33.1. The summed E-state index contributed by atoms with van der Waals surface area (Å²) in [4.78, 5) is 271. The van der Waals surface area contributed by atoms with Crippen molar-refractivity contribution >= 4 is 207 Å². The lowest BCUT2D eigenvalue weighted by atomic mass is 9.97. The van der Waals surface area contributed by atoms with Crippen molar-refractivity contribution in [2.45, 2.75) is 242 Å². The lowest BCUT2D eigenvalue weighted by Crippen LogP contribution is -2.62. The third-order valence-electron chi connectivity index (χ3n) is 21.7. The van der Waals surface area contributed by atoms with Gasteiger partial charge in [-0.1, -0.05) is 127 Å². The zero-order valence-electron chi connectivity index (χ0n) is 79.6. The van der Waals surface area contributed by atoms with Crippen molar-refractivity contribution in [3.63, 3.8) is 0 Å². The number of carbonyl (C=O) groups excluding carboxylic acids is 18. The van der Waals surface area contributed by atoms with E-state index in [4.69, 9.17) is 66.9 Å². The molecular formula is C80H142N36O18S6. The predicted molar refractivity (Wildman–Crippen MR) is 535 cm³/mol. The summed E-state index contributed by atoms with van der Waals surface area (Å²) in [5.74, 6) is -27.0. The number of hydrogen-bond donors (Lipinski definition) is 36. The van der Waals surface area contributed by atoms with E-state index >= 15 is 47.9 Å². The first-order chi connectivity index (χ1) is 66.2. The second-order valence-corrected chi connectivity index (χ2v) is 42.1. The van der Waals surface area contributed by atoms with Crippen molar-refractivity contribution in [3.05, 3.63) is 0 Å². The van der Waals surface area contributed by atoms with E-state index in [9.17, 15) is 38.4 Å². The number of nitrogens with two attached hydrogens (primary N) is 6. The van der Waals surface area contributed by atoms with Gasteiger partial charge >= 0.3 is 0 Å². The third kappa shape index (κ3) is 46.1. The van der Waals surface area contributed by atoms with Gasteiger partial charge < -0.3 is 162 Å². The minimum atomic E-state index is -1.81. The summed E-state index contributed by atoms with van der Waals surface area (Å²) in [6.45, 7) is 10.9. The molecule has 0 aromatic carbocycles. The lowest BCUT2D eigenvalue weighted by molar-refractivity contribution is -0.136. The fourth-order valence-corrected chi connectivity index (χ4v) is 20.8. The molecule has 786 valence electrons. The molecule has 4 aliphatic rings. The van der Waals surface area contributed by atoms with Gasteiger partial charge in [0.15, 0.2) is 35.8 Å². The maximum Gasteiger partial charge on any atom is 0.244 e. The van der Waals surface area contributed by atoms with Crippen LogP contribution in [0, 0.1) is 56.1 Å². The van der Waals surface area contributed by atoms with Crippen molar-refractivity contribution in [2.75, 3.05) is 86.9 Å². The highest BCUT2D eigenvalue weighted by Gasteiger charge is 2.42. The Hall–Kier alpha value is -11.8. The standard InChI is InChI=1S/C80H142N36O18S6/c1-9-40(8)58-74(134)113-52-35-139-138-34-51(112-73(133)57(39(6)7)115-55(118)30-100-60(120)42(17-11-23-94-76(83)84)102-62(122)44(104-69(52)129)19-13-25-96-78(87)88)67(127)105-45(20-14-26-97-79(89)90)63(123)108-49-32-136-140-36-53(71(131)116-58)109-64(124)46(21-15-27-98-80(91)92)106-68(128)50-33-137-135-31-48(110-65(125)47(28-37(2)3)107-70(49)130)66(126)103-43(18-12-24-95-77(85)86)61(121)101-41(16-10-22-93-75(81)82)59(119)99-29-54(117)114-56(38(4)5)72(132)111-50/h37-53,56-58H,9-36H2,1-8H3,(H,99,119)(H,100,120)(H,101,121)(H,102,122)(H,103,126)(H,104,129)(H,105,127)(H,106,128)(H,107,130)(H,108,123)(H,109,124)(H,110,125)(H,111,132)(H,112,133)(H,113,134)(H,114,117)(H,115,118)(H,116,131)(H4,81,82,93)(H4,83,84,94)(H4,85,86,95)(H4,87,88,96)(H4,89,90,97)(H4,91,92,98)/t40-,41+,42-,43-,44-,45-,46-,47-,48-,49-,50-,51-,52-,53-,56-,57-,58-/m0/s1. The van der Waals surface area contributed by atoms with Gasteiger partial charge in [-0.2, -0.15) is 0 Å². The summed E-state index contributed by atoms with van der Waals surface area (Å²) in [7, 11) is 4.91. The molecule has 4 saturated heterocycles. The topological polar surface area (TPSA) is 895 Å². The Morgan fingerprint density at radius 1 is 0.271 bits per heavy atom. The van der Waals surface area contributed by atoms with Crippen molar-refractivity contribution in [1.82, 2.24) is 128 Å². The first kappa shape index (κ1) is 120. The SMILES string of the molecule is CC[C@H](C)[C@@H]1NC(=O)[C@@H]2CSSC[C@H](NC(=O)[C@H](CCCNC(=N)N)NC(=O)[C@@H]3CSSC[C@H](NC1=O)C(=O)N[C@@H](CCCNC(=N)N)C(=O)N[C@@H](CCCNC(=N)N)C(=O)NCC(=O)N[C@@H](C(C)C)C(=O)N3)C(=O)N[C@@H](CC(C)C)C(=O)N[C@H]1CSSC[C@H](NC(=O)[C@H](C(C)C)NC(=O)CNC(=O)[C@@H](CCCNC(=N)N)NC(=O)[C@H](CCCNC(=N)N)NC1=O)C(=O)N[C@@H](CCCNC(=N)N)C(=O)N2. The molecule has 4 fully saturated rings. The van der Waals surface area contributed by atoms with Gasteiger partial charge in [0.2, 0.25) is 106 Å². The molecule has 17 atom stereocenters. The Bertz CT molecular complexity index is 4320. The fourth-order valence-electron chi connectivity index (χ4n) is 13.8. The lowest BCUT2D eigenvalue weighted by Gasteiger charge is -2.30. The molecule has 0 aromatic heterocycles. The van der Waals surface area contributed by atoms with Gasteiger partial charge in [0, 0.05) is 73.8 Å². The number of fused-ring (bicyclic) bond motifs is 15. The largest absolute Gasteiger partial charge is 0.370 e. The minimum Gasteiger partial charge on any atom is -0.370 e. The molecule has 0 spiro atoms. The third-order valence-corrected chi connectivity index (χ3v) is 28.9. The molecule has 4 heterocycles. The fraction of sp³-hybridized carbons (Fsp3) is 0.700. The van der Waals surface area contributed by atoms with Crippen molar-refractivity contribution in [3.8, 4) is 0 Å². The van der Waals surface area contributed by atoms with Crippen LogP contribution in [0.2, 0.25) is 0 Å². The summed E-state index contributed by atoms with van der Waals surface area (Å²) in [6.07, 6.45) is -1.63. The summed E-state index contributed by atoms with van der Waals surface area (Å²) >= 11 is 0. The number of rotatable bonds is 30. The summed E-state index contributed by atoms with van der Waals surface area (Å²) in [6, 6.07) is -26.4. The number of guanidine groups is 6. The minimum absolute atomic E-state index is 0.00772.